The van der Waals surface area contributed by atoms with E-state index in [2.05, 4.69) is 86.5 Å². The van der Waals surface area contributed by atoms with Gasteiger partial charge in [-0.05, 0) is 41.3 Å². The van der Waals surface area contributed by atoms with Crippen molar-refractivity contribution in [3.05, 3.63) is 59.7 Å². The standard InChI is InChI=1S/2C9H14N.Mn/c2*1-10(2)8-7-9-5-3-4-6-9;/h2*3-6H,7-8H2,1-2H3;/q-5;-1;. The molecular formula is C18H28MnN2-6. The first-order chi connectivity index (χ1) is 9.58. The van der Waals surface area contributed by atoms with E-state index in [1.54, 1.807) is 0 Å². The van der Waals surface area contributed by atoms with Crippen LogP contribution in [0.5, 0.6) is 0 Å². The Hall–Kier alpha value is -0.861. The summed E-state index contributed by atoms with van der Waals surface area (Å²) < 4.78 is 0. The molecule has 0 heterocycles. The van der Waals surface area contributed by atoms with Crippen LogP contribution in [0.3, 0.4) is 0 Å². The van der Waals surface area contributed by atoms with E-state index in [1.807, 2.05) is 0 Å². The molecule has 21 heavy (non-hydrogen) atoms. The van der Waals surface area contributed by atoms with Crippen molar-refractivity contribution in [3.63, 3.8) is 0 Å². The zero-order valence-corrected chi connectivity index (χ0v) is 14.9. The first-order valence-corrected chi connectivity index (χ1v) is 7.28. The van der Waals surface area contributed by atoms with E-state index < -0.39 is 0 Å². The summed E-state index contributed by atoms with van der Waals surface area (Å²) in [6.07, 6.45) is 2.33. The summed E-state index contributed by atoms with van der Waals surface area (Å²) in [5.74, 6) is 0. The monoisotopic (exact) mass is 327 g/mol. The van der Waals surface area contributed by atoms with Gasteiger partial charge in [0.2, 0.25) is 0 Å². The Labute approximate surface area is 141 Å². The second-order valence-corrected chi connectivity index (χ2v) is 5.69. The minimum Gasteiger partial charge on any atom is -0.748 e. The van der Waals surface area contributed by atoms with Crippen LogP contribution in [0.15, 0.2) is 48.5 Å². The Bertz CT molecular complexity index is 374. The van der Waals surface area contributed by atoms with Gasteiger partial charge in [0.25, 0.3) is 0 Å². The van der Waals surface area contributed by atoms with Crippen LogP contribution in [0, 0.1) is 0 Å². The van der Waals surface area contributed by atoms with Crippen LogP contribution in [0.1, 0.15) is 11.1 Å². The van der Waals surface area contributed by atoms with Gasteiger partial charge in [-0.15, -0.1) is 0 Å². The molecule has 0 aliphatic carbocycles. The average molecular weight is 327 g/mol. The minimum absolute atomic E-state index is 0. The Balaban J connectivity index is 0.000000364. The van der Waals surface area contributed by atoms with Crippen molar-refractivity contribution in [2.45, 2.75) is 12.8 Å². The van der Waals surface area contributed by atoms with Gasteiger partial charge in [0, 0.05) is 17.1 Å². The molecule has 0 fully saturated rings. The number of nitrogens with zero attached hydrogens (tertiary/aromatic N) is 2. The van der Waals surface area contributed by atoms with E-state index in [-0.39, 0.29) is 17.1 Å². The normalized spacial score (nSPS) is 10.2. The van der Waals surface area contributed by atoms with Crippen molar-refractivity contribution >= 4 is 0 Å². The predicted molar refractivity (Wildman–Crippen MR) is 88.6 cm³/mol. The predicted octanol–water partition coefficient (Wildman–Crippen LogP) is 3.02. The molecular weight excluding hydrogens is 299 g/mol. The first kappa shape index (κ1) is 20.1. The first-order valence-electron chi connectivity index (χ1n) is 7.28. The molecule has 0 unspecified atom stereocenters. The second kappa shape index (κ2) is 11.8. The van der Waals surface area contributed by atoms with Gasteiger partial charge in [-0.2, -0.15) is 17.7 Å². The van der Waals surface area contributed by atoms with Crippen molar-refractivity contribution in [1.29, 1.82) is 0 Å². The molecule has 0 spiro atoms. The van der Waals surface area contributed by atoms with E-state index in [0.29, 0.717) is 0 Å². The van der Waals surface area contributed by atoms with Crippen LogP contribution >= 0.6 is 0 Å². The number of rotatable bonds is 6. The molecule has 2 aromatic carbocycles. The van der Waals surface area contributed by atoms with Crippen molar-refractivity contribution in [1.82, 2.24) is 9.80 Å². The fourth-order valence-corrected chi connectivity index (χ4v) is 1.87. The average Bonchev–Trinajstić information content (AvgIpc) is 3.08. The molecule has 2 aromatic rings. The van der Waals surface area contributed by atoms with Crippen molar-refractivity contribution in [2.75, 3.05) is 41.3 Å². The molecule has 3 heteroatoms. The van der Waals surface area contributed by atoms with Crippen LogP contribution in [-0.2, 0) is 29.9 Å². The number of hydrogen-bond acceptors (Lipinski definition) is 2. The maximum absolute atomic E-state index is 2.20. The molecule has 0 aromatic heterocycles. The summed E-state index contributed by atoms with van der Waals surface area (Å²) in [5, 5.41) is 0. The van der Waals surface area contributed by atoms with Crippen LogP contribution in [0.25, 0.3) is 0 Å². The Morgan fingerprint density at radius 3 is 1.76 bits per heavy atom. The number of likely N-dealkylation sites (N-methyl/N-ethyl adjacent to an activating group) is 2. The molecule has 2 rings (SSSR count). The van der Waals surface area contributed by atoms with E-state index in [4.69, 9.17) is 0 Å². The van der Waals surface area contributed by atoms with E-state index >= 15 is 0 Å². The third kappa shape index (κ3) is 10.5. The van der Waals surface area contributed by atoms with Gasteiger partial charge < -0.3 is 39.6 Å². The molecule has 0 bridgehead atoms. The topological polar surface area (TPSA) is 6.48 Å². The minimum atomic E-state index is 0. The SMILES string of the molecule is CN(C)CC[c-]1[cH-][cH-][cH-][cH-]1.CN(C)CC[c-]1cccc1.[Mn]. The van der Waals surface area contributed by atoms with Crippen molar-refractivity contribution in [3.8, 4) is 0 Å². The summed E-state index contributed by atoms with van der Waals surface area (Å²) in [5.41, 5.74) is 2.88. The Morgan fingerprint density at radius 2 is 1.29 bits per heavy atom. The van der Waals surface area contributed by atoms with Gasteiger partial charge in [-0.1, -0.05) is 6.42 Å². The third-order valence-electron chi connectivity index (χ3n) is 3.16. The maximum Gasteiger partial charge on any atom is 0 e. The van der Waals surface area contributed by atoms with E-state index in [1.165, 1.54) is 24.0 Å². The zero-order valence-electron chi connectivity index (χ0n) is 13.7. The van der Waals surface area contributed by atoms with Gasteiger partial charge >= 0.3 is 0 Å². The van der Waals surface area contributed by atoms with Crippen LogP contribution in [0.4, 0.5) is 0 Å². The van der Waals surface area contributed by atoms with Crippen LogP contribution in [0.2, 0.25) is 0 Å². The fraction of sp³-hybridized carbons (Fsp3) is 0.444. The molecule has 2 nitrogen and oxygen atoms in total. The van der Waals surface area contributed by atoms with Crippen molar-refractivity contribution < 1.29 is 17.1 Å². The molecule has 123 valence electrons. The van der Waals surface area contributed by atoms with Gasteiger partial charge in [0.15, 0.2) is 0 Å². The van der Waals surface area contributed by atoms with Crippen LogP contribution in [-0.4, -0.2) is 51.1 Å². The molecule has 1 radical (unpaired) electrons. The molecule has 0 saturated carbocycles. The zero-order chi connectivity index (χ0) is 14.8. The molecule has 0 aliphatic rings. The summed E-state index contributed by atoms with van der Waals surface area (Å²) in [6.45, 7) is 2.29. The smallest absolute Gasteiger partial charge is 0 e. The fourth-order valence-electron chi connectivity index (χ4n) is 1.87. The quantitative estimate of drug-likeness (QED) is 0.594. The van der Waals surface area contributed by atoms with E-state index in [0.717, 1.165) is 13.1 Å². The summed E-state index contributed by atoms with van der Waals surface area (Å²) in [7, 11) is 8.40. The third-order valence-corrected chi connectivity index (χ3v) is 3.16. The van der Waals surface area contributed by atoms with Gasteiger partial charge in [0.05, 0.1) is 0 Å². The van der Waals surface area contributed by atoms with Gasteiger partial charge in [0.1, 0.15) is 0 Å². The number of hydrogen-bond donors (Lipinski definition) is 0. The van der Waals surface area contributed by atoms with E-state index in [9.17, 15) is 0 Å². The summed E-state index contributed by atoms with van der Waals surface area (Å²) in [4.78, 5) is 4.40. The largest absolute Gasteiger partial charge is 0.748 e. The Morgan fingerprint density at radius 1 is 0.810 bits per heavy atom. The Kier molecular flexibility index (Phi) is 11.3. The molecule has 0 saturated heterocycles. The summed E-state index contributed by atoms with van der Waals surface area (Å²) >= 11 is 0. The molecule has 0 aliphatic heterocycles. The molecule has 0 amide bonds. The van der Waals surface area contributed by atoms with Crippen molar-refractivity contribution in [2.24, 2.45) is 0 Å². The molecule has 0 N–H and O–H groups in total. The van der Waals surface area contributed by atoms with Gasteiger partial charge in [-0.25, -0.2) is 18.6 Å². The second-order valence-electron chi connectivity index (χ2n) is 5.69. The molecule has 0 atom stereocenters. The maximum atomic E-state index is 2.20. The van der Waals surface area contributed by atoms with Crippen LogP contribution < -0.4 is 0 Å². The summed E-state index contributed by atoms with van der Waals surface area (Å²) in [6, 6.07) is 17.0. The van der Waals surface area contributed by atoms with Gasteiger partial charge in [-0.3, -0.25) is 0 Å².